The molecule has 142 valence electrons. The van der Waals surface area contributed by atoms with Gasteiger partial charge in [0.2, 0.25) is 10.0 Å². The summed E-state index contributed by atoms with van der Waals surface area (Å²) in [5.74, 6) is -0.776. The highest BCUT2D eigenvalue weighted by molar-refractivity contribution is 7.89. The predicted octanol–water partition coefficient (Wildman–Crippen LogP) is 0.211. The number of fused-ring (bicyclic) bond motifs is 1. The minimum atomic E-state index is -4.12. The third-order valence-corrected chi connectivity index (χ3v) is 5.28. The van der Waals surface area contributed by atoms with Crippen molar-refractivity contribution in [3.63, 3.8) is 0 Å². The molecule has 11 heteroatoms. The lowest BCUT2D eigenvalue weighted by Gasteiger charge is -2.11. The quantitative estimate of drug-likeness (QED) is 0.616. The van der Waals surface area contributed by atoms with E-state index in [0.717, 1.165) is 16.7 Å². The Balaban J connectivity index is 1.85. The van der Waals surface area contributed by atoms with Crippen molar-refractivity contribution in [2.24, 2.45) is 0 Å². The van der Waals surface area contributed by atoms with Crippen LogP contribution in [-0.4, -0.2) is 36.6 Å². The maximum absolute atomic E-state index is 13.4. The number of H-pyrrole nitrogens is 1. The van der Waals surface area contributed by atoms with Crippen molar-refractivity contribution in [1.82, 2.24) is 19.3 Å². The molecule has 0 radical (unpaired) electrons. The van der Waals surface area contributed by atoms with Gasteiger partial charge in [0.05, 0.1) is 12.5 Å². The fraction of sp³-hybridized carbons (Fsp3) is 0.188. The number of nitrogens with one attached hydrogen (secondary N) is 2. The number of benzene rings is 1. The normalized spacial score (nSPS) is 11.6. The van der Waals surface area contributed by atoms with Crippen molar-refractivity contribution in [3.8, 4) is 5.75 Å². The highest BCUT2D eigenvalue weighted by Gasteiger charge is 2.20. The summed E-state index contributed by atoms with van der Waals surface area (Å²) in [4.78, 5) is 30.4. The first-order valence-corrected chi connectivity index (χ1v) is 9.23. The SMILES string of the molecule is COc1ccc(F)cc1S(=O)(=O)NCCn1c(=O)[nH]c2ncccc2c1=O. The minimum absolute atomic E-state index is 0.0318. The van der Waals surface area contributed by atoms with Gasteiger partial charge in [-0.15, -0.1) is 0 Å². The summed E-state index contributed by atoms with van der Waals surface area (Å²) in [5.41, 5.74) is -1.16. The Morgan fingerprint density at radius 2 is 2.07 bits per heavy atom. The van der Waals surface area contributed by atoms with Gasteiger partial charge in [-0.3, -0.25) is 14.3 Å². The lowest BCUT2D eigenvalue weighted by Crippen LogP contribution is -2.39. The molecule has 27 heavy (non-hydrogen) atoms. The lowest BCUT2D eigenvalue weighted by molar-refractivity contribution is 0.400. The summed E-state index contributed by atoms with van der Waals surface area (Å²) >= 11 is 0. The Hall–Kier alpha value is -3.05. The average molecular weight is 394 g/mol. The molecule has 9 nitrogen and oxygen atoms in total. The van der Waals surface area contributed by atoms with Gasteiger partial charge in [-0.2, -0.15) is 0 Å². The zero-order valence-corrected chi connectivity index (χ0v) is 14.9. The van der Waals surface area contributed by atoms with Crippen LogP contribution >= 0.6 is 0 Å². The number of sulfonamides is 1. The molecule has 0 unspecified atom stereocenters. The zero-order chi connectivity index (χ0) is 19.6. The highest BCUT2D eigenvalue weighted by atomic mass is 32.2. The second-order valence-electron chi connectivity index (χ2n) is 5.48. The first-order valence-electron chi connectivity index (χ1n) is 7.74. The number of nitrogens with zero attached hydrogens (tertiary/aromatic N) is 2. The molecule has 2 N–H and O–H groups in total. The van der Waals surface area contributed by atoms with E-state index in [9.17, 15) is 22.4 Å². The summed E-state index contributed by atoms with van der Waals surface area (Å²) in [6.07, 6.45) is 1.43. The number of ether oxygens (including phenoxy) is 1. The van der Waals surface area contributed by atoms with Crippen LogP contribution in [-0.2, 0) is 16.6 Å². The minimum Gasteiger partial charge on any atom is -0.495 e. The van der Waals surface area contributed by atoms with Gasteiger partial charge >= 0.3 is 5.69 Å². The van der Waals surface area contributed by atoms with Crippen molar-refractivity contribution in [2.45, 2.75) is 11.4 Å². The third-order valence-electron chi connectivity index (χ3n) is 3.80. The standard InChI is InChI=1S/C16H15FN4O5S/c1-26-12-5-4-10(17)9-13(12)27(24,25)19-7-8-21-15(22)11-3-2-6-18-14(11)20-16(21)23/h2-6,9,19H,7-8H2,1H3,(H,18,20,23). The lowest BCUT2D eigenvalue weighted by atomic mass is 10.3. The number of hydrogen-bond donors (Lipinski definition) is 2. The molecule has 2 aromatic heterocycles. The number of aromatic nitrogens is 3. The van der Waals surface area contributed by atoms with Crippen molar-refractivity contribution >= 4 is 21.1 Å². The Labute approximate surface area is 152 Å². The maximum Gasteiger partial charge on any atom is 0.330 e. The van der Waals surface area contributed by atoms with E-state index < -0.39 is 27.1 Å². The number of methoxy groups -OCH3 is 1. The van der Waals surface area contributed by atoms with E-state index in [1.165, 1.54) is 25.4 Å². The van der Waals surface area contributed by atoms with Crippen molar-refractivity contribution in [1.29, 1.82) is 0 Å². The first kappa shape index (κ1) is 18.7. The van der Waals surface area contributed by atoms with Crippen molar-refractivity contribution in [2.75, 3.05) is 13.7 Å². The molecule has 0 saturated carbocycles. The molecule has 0 saturated heterocycles. The Kier molecular flexibility index (Phi) is 5.06. The van der Waals surface area contributed by atoms with Gasteiger partial charge in [0.1, 0.15) is 22.1 Å². The summed E-state index contributed by atoms with van der Waals surface area (Å²) in [6, 6.07) is 6.13. The number of rotatable bonds is 6. The molecule has 0 atom stereocenters. The largest absolute Gasteiger partial charge is 0.495 e. The molecule has 2 heterocycles. The van der Waals surface area contributed by atoms with Gasteiger partial charge < -0.3 is 4.74 Å². The molecule has 0 fully saturated rings. The van der Waals surface area contributed by atoms with Crippen LogP contribution in [0.1, 0.15) is 0 Å². The predicted molar refractivity (Wildman–Crippen MR) is 94.8 cm³/mol. The second-order valence-corrected chi connectivity index (χ2v) is 7.21. The molecular formula is C16H15FN4O5S. The first-order chi connectivity index (χ1) is 12.8. The van der Waals surface area contributed by atoms with Crippen molar-refractivity contribution < 1.29 is 17.5 Å². The van der Waals surface area contributed by atoms with E-state index >= 15 is 0 Å². The third kappa shape index (κ3) is 3.73. The second kappa shape index (κ2) is 7.29. The van der Waals surface area contributed by atoms with Crippen LogP contribution in [0.2, 0.25) is 0 Å². The molecule has 0 aliphatic heterocycles. The zero-order valence-electron chi connectivity index (χ0n) is 14.1. The molecule has 0 amide bonds. The van der Waals surface area contributed by atoms with Gasteiger partial charge in [0.25, 0.3) is 5.56 Å². The van der Waals surface area contributed by atoms with Gasteiger partial charge in [0, 0.05) is 19.3 Å². The molecule has 1 aromatic carbocycles. The molecule has 0 aliphatic carbocycles. The average Bonchev–Trinajstić information content (AvgIpc) is 2.64. The number of aromatic amines is 1. The molecule has 3 aromatic rings. The number of pyridine rings is 1. The fourth-order valence-corrected chi connectivity index (χ4v) is 3.72. The smallest absolute Gasteiger partial charge is 0.330 e. The fourth-order valence-electron chi connectivity index (χ4n) is 2.52. The van der Waals surface area contributed by atoms with Crippen LogP contribution in [0, 0.1) is 5.82 Å². The van der Waals surface area contributed by atoms with Crippen LogP contribution in [0.4, 0.5) is 4.39 Å². The number of hydrogen-bond acceptors (Lipinski definition) is 6. The molecule has 0 aliphatic rings. The van der Waals surface area contributed by atoms with Crippen LogP contribution in [0.5, 0.6) is 5.75 Å². The summed E-state index contributed by atoms with van der Waals surface area (Å²) in [7, 11) is -2.86. The van der Waals surface area contributed by atoms with Crippen LogP contribution in [0.25, 0.3) is 11.0 Å². The maximum atomic E-state index is 13.4. The van der Waals surface area contributed by atoms with Gasteiger partial charge in [-0.25, -0.2) is 27.3 Å². The van der Waals surface area contributed by atoms with Crippen LogP contribution in [0.15, 0.2) is 51.0 Å². The Bertz CT molecular complexity index is 1220. The number of halogens is 1. The van der Waals surface area contributed by atoms with E-state index in [1.807, 2.05) is 0 Å². The van der Waals surface area contributed by atoms with E-state index in [2.05, 4.69) is 14.7 Å². The molecule has 0 spiro atoms. The Morgan fingerprint density at radius 3 is 2.81 bits per heavy atom. The van der Waals surface area contributed by atoms with E-state index in [0.29, 0.717) is 0 Å². The summed E-state index contributed by atoms with van der Waals surface area (Å²) < 4.78 is 46.2. The van der Waals surface area contributed by atoms with Gasteiger partial charge in [0.15, 0.2) is 0 Å². The van der Waals surface area contributed by atoms with E-state index in [1.54, 1.807) is 6.07 Å². The summed E-state index contributed by atoms with van der Waals surface area (Å²) in [5, 5.41) is 0.201. The topological polar surface area (TPSA) is 123 Å². The molecule has 0 bridgehead atoms. The van der Waals surface area contributed by atoms with E-state index in [4.69, 9.17) is 4.74 Å². The monoisotopic (exact) mass is 394 g/mol. The Morgan fingerprint density at radius 1 is 1.30 bits per heavy atom. The van der Waals surface area contributed by atoms with E-state index in [-0.39, 0.29) is 34.8 Å². The molecular weight excluding hydrogens is 379 g/mol. The highest BCUT2D eigenvalue weighted by Crippen LogP contribution is 2.23. The van der Waals surface area contributed by atoms with Crippen molar-refractivity contribution in [3.05, 3.63) is 63.2 Å². The molecule has 3 rings (SSSR count). The van der Waals surface area contributed by atoms with Crippen LogP contribution < -0.4 is 20.7 Å². The van der Waals surface area contributed by atoms with Gasteiger partial charge in [-0.1, -0.05) is 0 Å². The van der Waals surface area contributed by atoms with Gasteiger partial charge in [-0.05, 0) is 30.3 Å². The van der Waals surface area contributed by atoms with Crippen LogP contribution in [0.3, 0.4) is 0 Å². The summed E-state index contributed by atoms with van der Waals surface area (Å²) in [6.45, 7) is -0.493.